The van der Waals surface area contributed by atoms with Gasteiger partial charge in [0.05, 0.1) is 4.90 Å². The molecule has 0 amide bonds. The topological polar surface area (TPSA) is 71.1 Å². The molecule has 2 N–H and O–H groups in total. The molecule has 0 fully saturated rings. The Hall–Kier alpha value is -1.14. The summed E-state index contributed by atoms with van der Waals surface area (Å²) in [5, 5.41) is 3.10. The summed E-state index contributed by atoms with van der Waals surface area (Å²) in [6.07, 6.45) is 4.32. The highest BCUT2D eigenvalue weighted by atomic mass is 32.2. The first-order valence-corrected chi connectivity index (χ1v) is 9.05. The quantitative estimate of drug-likeness (QED) is 0.735. The third kappa shape index (κ3) is 6.44. The van der Waals surface area contributed by atoms with E-state index in [1.54, 1.807) is 6.07 Å². The molecule has 1 aromatic rings. The van der Waals surface area contributed by atoms with Crippen LogP contribution < -0.4 is 10.0 Å². The Bertz CT molecular complexity index is 529. The molecule has 0 saturated carbocycles. The minimum Gasteiger partial charge on any atom is -0.370 e. The standard InChI is InChI=1S/C15H27N3O2S/c1-5-9-16-15-11-14(8-10-17-15)21(19,20)18-13(4)7-6-12(2)3/h8,10-13,18H,5-7,9H2,1-4H3,(H,16,17). The summed E-state index contributed by atoms with van der Waals surface area (Å²) in [6, 6.07) is 3.03. The Morgan fingerprint density at radius 2 is 1.95 bits per heavy atom. The van der Waals surface area contributed by atoms with E-state index in [4.69, 9.17) is 0 Å². The number of rotatable bonds is 9. The van der Waals surface area contributed by atoms with Gasteiger partial charge in [-0.3, -0.25) is 0 Å². The molecule has 0 saturated heterocycles. The highest BCUT2D eigenvalue weighted by Gasteiger charge is 2.18. The van der Waals surface area contributed by atoms with Gasteiger partial charge in [-0.15, -0.1) is 0 Å². The van der Waals surface area contributed by atoms with Crippen molar-refractivity contribution in [3.8, 4) is 0 Å². The lowest BCUT2D eigenvalue weighted by molar-refractivity contribution is 0.485. The van der Waals surface area contributed by atoms with Crippen molar-refractivity contribution >= 4 is 15.8 Å². The normalized spacial score (nSPS) is 13.4. The van der Waals surface area contributed by atoms with Crippen LogP contribution in [0.3, 0.4) is 0 Å². The van der Waals surface area contributed by atoms with Crippen molar-refractivity contribution in [1.29, 1.82) is 0 Å². The van der Waals surface area contributed by atoms with Gasteiger partial charge in [0, 0.05) is 24.8 Å². The average molecular weight is 313 g/mol. The fourth-order valence-corrected chi connectivity index (χ4v) is 3.19. The average Bonchev–Trinajstić information content (AvgIpc) is 2.43. The van der Waals surface area contributed by atoms with Gasteiger partial charge in [-0.1, -0.05) is 20.8 Å². The first kappa shape index (κ1) is 17.9. The molecule has 0 bridgehead atoms. The van der Waals surface area contributed by atoms with E-state index < -0.39 is 10.0 Å². The van der Waals surface area contributed by atoms with Crippen LogP contribution in [0.1, 0.15) is 47.0 Å². The van der Waals surface area contributed by atoms with E-state index in [-0.39, 0.29) is 10.9 Å². The van der Waals surface area contributed by atoms with Crippen molar-refractivity contribution in [2.75, 3.05) is 11.9 Å². The van der Waals surface area contributed by atoms with Crippen LogP contribution >= 0.6 is 0 Å². The number of nitrogens with zero attached hydrogens (tertiary/aromatic N) is 1. The predicted octanol–water partition coefficient (Wildman–Crippen LogP) is 3.01. The molecular formula is C15H27N3O2S. The van der Waals surface area contributed by atoms with Crippen molar-refractivity contribution in [2.45, 2.75) is 57.9 Å². The molecule has 5 nitrogen and oxygen atoms in total. The highest BCUT2D eigenvalue weighted by molar-refractivity contribution is 7.89. The van der Waals surface area contributed by atoms with Crippen LogP contribution in [0.25, 0.3) is 0 Å². The van der Waals surface area contributed by atoms with E-state index in [2.05, 4.69) is 28.9 Å². The lowest BCUT2D eigenvalue weighted by Gasteiger charge is -2.15. The molecule has 1 heterocycles. The van der Waals surface area contributed by atoms with E-state index >= 15 is 0 Å². The molecule has 1 aromatic heterocycles. The number of hydrogen-bond acceptors (Lipinski definition) is 4. The van der Waals surface area contributed by atoms with Crippen LogP contribution in [-0.2, 0) is 10.0 Å². The van der Waals surface area contributed by atoms with Crippen LogP contribution in [-0.4, -0.2) is 26.0 Å². The first-order valence-electron chi connectivity index (χ1n) is 7.57. The summed E-state index contributed by atoms with van der Waals surface area (Å²) < 4.78 is 27.4. The minimum atomic E-state index is -3.48. The zero-order valence-corrected chi connectivity index (χ0v) is 14.2. The lowest BCUT2D eigenvalue weighted by atomic mass is 10.1. The predicted molar refractivity (Wildman–Crippen MR) is 86.9 cm³/mol. The molecule has 1 rings (SSSR count). The second-order valence-electron chi connectivity index (χ2n) is 5.80. The van der Waals surface area contributed by atoms with Crippen LogP contribution in [0.4, 0.5) is 5.82 Å². The van der Waals surface area contributed by atoms with Crippen molar-refractivity contribution < 1.29 is 8.42 Å². The van der Waals surface area contributed by atoms with Gasteiger partial charge < -0.3 is 5.32 Å². The third-order valence-corrected chi connectivity index (χ3v) is 4.72. The number of hydrogen-bond donors (Lipinski definition) is 2. The number of pyridine rings is 1. The Labute approximate surface area is 128 Å². The van der Waals surface area contributed by atoms with E-state index in [1.807, 2.05) is 13.8 Å². The lowest BCUT2D eigenvalue weighted by Crippen LogP contribution is -2.32. The van der Waals surface area contributed by atoms with E-state index in [9.17, 15) is 8.42 Å². The molecule has 0 aromatic carbocycles. The Kier molecular flexibility index (Phi) is 7.11. The summed E-state index contributed by atoms with van der Waals surface area (Å²) in [7, 11) is -3.48. The smallest absolute Gasteiger partial charge is 0.240 e. The second-order valence-corrected chi connectivity index (χ2v) is 7.51. The highest BCUT2D eigenvalue weighted by Crippen LogP contribution is 2.14. The molecule has 0 aliphatic carbocycles. The van der Waals surface area contributed by atoms with Gasteiger partial charge in [-0.25, -0.2) is 18.1 Å². The Balaban J connectivity index is 2.73. The number of anilines is 1. The van der Waals surface area contributed by atoms with Crippen LogP contribution in [0.5, 0.6) is 0 Å². The van der Waals surface area contributed by atoms with Gasteiger partial charge in [-0.2, -0.15) is 0 Å². The van der Waals surface area contributed by atoms with Crippen molar-refractivity contribution in [3.05, 3.63) is 18.3 Å². The van der Waals surface area contributed by atoms with Gasteiger partial charge in [0.1, 0.15) is 5.82 Å². The molecule has 0 aliphatic rings. The molecule has 1 atom stereocenters. The van der Waals surface area contributed by atoms with Gasteiger partial charge in [0.15, 0.2) is 0 Å². The van der Waals surface area contributed by atoms with Crippen molar-refractivity contribution in [2.24, 2.45) is 5.92 Å². The van der Waals surface area contributed by atoms with Gasteiger partial charge in [0.25, 0.3) is 0 Å². The second kappa shape index (κ2) is 8.34. The minimum absolute atomic E-state index is 0.0717. The molecule has 0 radical (unpaired) electrons. The van der Waals surface area contributed by atoms with E-state index in [0.29, 0.717) is 11.7 Å². The maximum atomic E-state index is 12.3. The largest absolute Gasteiger partial charge is 0.370 e. The number of aromatic nitrogens is 1. The van der Waals surface area contributed by atoms with Crippen molar-refractivity contribution in [1.82, 2.24) is 9.71 Å². The maximum Gasteiger partial charge on any atom is 0.240 e. The summed E-state index contributed by atoms with van der Waals surface area (Å²) >= 11 is 0. The SMILES string of the molecule is CCCNc1cc(S(=O)(=O)NC(C)CCC(C)C)ccn1. The maximum absolute atomic E-state index is 12.3. The summed E-state index contributed by atoms with van der Waals surface area (Å²) in [6.45, 7) is 8.99. The summed E-state index contributed by atoms with van der Waals surface area (Å²) in [5.41, 5.74) is 0. The molecular weight excluding hydrogens is 286 g/mol. The van der Waals surface area contributed by atoms with E-state index in [0.717, 1.165) is 25.8 Å². The Morgan fingerprint density at radius 1 is 1.24 bits per heavy atom. The van der Waals surface area contributed by atoms with Gasteiger partial charge in [0.2, 0.25) is 10.0 Å². The Morgan fingerprint density at radius 3 is 2.57 bits per heavy atom. The molecule has 120 valence electrons. The molecule has 6 heteroatoms. The molecule has 0 aliphatic heterocycles. The fourth-order valence-electron chi connectivity index (χ4n) is 1.90. The number of nitrogens with one attached hydrogen (secondary N) is 2. The van der Waals surface area contributed by atoms with Crippen LogP contribution in [0.15, 0.2) is 23.2 Å². The van der Waals surface area contributed by atoms with Crippen molar-refractivity contribution in [3.63, 3.8) is 0 Å². The molecule has 21 heavy (non-hydrogen) atoms. The first-order chi connectivity index (χ1) is 9.85. The molecule has 1 unspecified atom stereocenters. The van der Waals surface area contributed by atoms with Crippen LogP contribution in [0, 0.1) is 5.92 Å². The number of sulfonamides is 1. The summed E-state index contributed by atoms with van der Waals surface area (Å²) in [4.78, 5) is 4.38. The zero-order valence-electron chi connectivity index (χ0n) is 13.4. The fraction of sp³-hybridized carbons (Fsp3) is 0.667. The monoisotopic (exact) mass is 313 g/mol. The third-order valence-electron chi connectivity index (χ3n) is 3.13. The van der Waals surface area contributed by atoms with E-state index in [1.165, 1.54) is 12.3 Å². The van der Waals surface area contributed by atoms with Gasteiger partial charge >= 0.3 is 0 Å². The molecule has 0 spiro atoms. The van der Waals surface area contributed by atoms with Crippen LogP contribution in [0.2, 0.25) is 0 Å². The van der Waals surface area contributed by atoms with Gasteiger partial charge in [-0.05, 0) is 38.2 Å². The zero-order chi connectivity index (χ0) is 15.9. The summed E-state index contributed by atoms with van der Waals surface area (Å²) in [5.74, 6) is 1.16.